The fraction of sp³-hybridized carbons (Fsp3) is 0.250. The second-order valence-electron chi connectivity index (χ2n) is 3.47. The molecular weight excluding hydrogens is 222 g/mol. The summed E-state index contributed by atoms with van der Waals surface area (Å²) < 4.78 is 0. The molecule has 0 bridgehead atoms. The third-order valence-corrected chi connectivity index (χ3v) is 2.20. The van der Waals surface area contributed by atoms with E-state index < -0.39 is 11.9 Å². The van der Waals surface area contributed by atoms with Gasteiger partial charge in [0.15, 0.2) is 0 Å². The number of carbonyl (C=O) groups excluding carboxylic acids is 2. The molecule has 0 aromatic heterocycles. The van der Waals surface area contributed by atoms with Crippen LogP contribution in [0.3, 0.4) is 0 Å². The van der Waals surface area contributed by atoms with Crippen molar-refractivity contribution in [3.8, 4) is 0 Å². The lowest BCUT2D eigenvalue weighted by atomic mass is 10.2. The molecule has 0 radical (unpaired) electrons. The molecule has 5 nitrogen and oxygen atoms in total. The average Bonchev–Trinajstić information content (AvgIpc) is 2.34. The van der Waals surface area contributed by atoms with Gasteiger partial charge in [-0.25, -0.2) is 0 Å². The van der Waals surface area contributed by atoms with Gasteiger partial charge >= 0.3 is 5.97 Å². The predicted octanol–water partition coefficient (Wildman–Crippen LogP) is 1.15. The van der Waals surface area contributed by atoms with Crippen LogP contribution in [-0.4, -0.2) is 34.8 Å². The lowest BCUT2D eigenvalue weighted by Gasteiger charge is -2.14. The lowest BCUT2D eigenvalue weighted by molar-refractivity contribution is -0.137. The molecule has 90 valence electrons. The number of carbonyl (C=O) groups is 3. The third kappa shape index (κ3) is 4.06. The standard InChI is InChI=1S/C12H13NO4/c14-9-13(8-4-7-11(15)16)12(17)10-5-2-1-3-6-10/h1-3,5-6,9H,4,7-8H2,(H,15,16). The molecular formula is C12H13NO4. The van der Waals surface area contributed by atoms with Gasteiger partial charge in [0.25, 0.3) is 5.91 Å². The minimum absolute atomic E-state index is 0.0631. The molecule has 0 spiro atoms. The Morgan fingerprint density at radius 2 is 1.88 bits per heavy atom. The van der Waals surface area contributed by atoms with Crippen molar-refractivity contribution in [1.82, 2.24) is 4.90 Å². The molecule has 0 fully saturated rings. The lowest BCUT2D eigenvalue weighted by Crippen LogP contribution is -2.30. The van der Waals surface area contributed by atoms with Gasteiger partial charge in [0.2, 0.25) is 6.41 Å². The van der Waals surface area contributed by atoms with Crippen LogP contribution in [0.4, 0.5) is 0 Å². The Morgan fingerprint density at radius 3 is 2.41 bits per heavy atom. The summed E-state index contributed by atoms with van der Waals surface area (Å²) in [5.41, 5.74) is 0.412. The summed E-state index contributed by atoms with van der Waals surface area (Å²) in [6.07, 6.45) is 0.621. The highest BCUT2D eigenvalue weighted by Gasteiger charge is 2.14. The zero-order valence-electron chi connectivity index (χ0n) is 9.20. The topological polar surface area (TPSA) is 74.7 Å². The quantitative estimate of drug-likeness (QED) is 0.750. The SMILES string of the molecule is O=CN(CCCC(=O)O)C(=O)c1ccccc1. The van der Waals surface area contributed by atoms with E-state index in [2.05, 4.69) is 0 Å². The molecule has 0 aliphatic rings. The van der Waals surface area contributed by atoms with Gasteiger partial charge in [-0.05, 0) is 18.6 Å². The highest BCUT2D eigenvalue weighted by Crippen LogP contribution is 2.04. The summed E-state index contributed by atoms with van der Waals surface area (Å²) in [6.45, 7) is 0.115. The monoisotopic (exact) mass is 235 g/mol. The first-order valence-electron chi connectivity index (χ1n) is 5.18. The summed E-state index contributed by atoms with van der Waals surface area (Å²) >= 11 is 0. The van der Waals surface area contributed by atoms with Gasteiger partial charge in [-0.15, -0.1) is 0 Å². The molecule has 1 N–H and O–H groups in total. The van der Waals surface area contributed by atoms with Gasteiger partial charge in [-0.2, -0.15) is 0 Å². The largest absolute Gasteiger partial charge is 0.481 e. The first kappa shape index (κ1) is 12.9. The smallest absolute Gasteiger partial charge is 0.303 e. The molecule has 0 saturated carbocycles. The van der Waals surface area contributed by atoms with E-state index in [-0.39, 0.29) is 19.4 Å². The van der Waals surface area contributed by atoms with Crippen LogP contribution in [0.5, 0.6) is 0 Å². The first-order chi connectivity index (χ1) is 8.15. The van der Waals surface area contributed by atoms with Crippen molar-refractivity contribution >= 4 is 18.3 Å². The van der Waals surface area contributed by atoms with Crippen molar-refractivity contribution in [2.45, 2.75) is 12.8 Å². The Hall–Kier alpha value is -2.17. The van der Waals surface area contributed by atoms with E-state index >= 15 is 0 Å². The molecule has 0 unspecified atom stereocenters. The molecule has 1 aromatic rings. The van der Waals surface area contributed by atoms with E-state index in [0.717, 1.165) is 4.90 Å². The highest BCUT2D eigenvalue weighted by molar-refractivity contribution is 5.99. The Morgan fingerprint density at radius 1 is 1.24 bits per heavy atom. The minimum Gasteiger partial charge on any atom is -0.481 e. The average molecular weight is 235 g/mol. The third-order valence-electron chi connectivity index (χ3n) is 2.20. The summed E-state index contributed by atoms with van der Waals surface area (Å²) in [5, 5.41) is 8.46. The van der Waals surface area contributed by atoms with E-state index in [0.29, 0.717) is 12.0 Å². The Bertz CT molecular complexity index is 402. The maximum Gasteiger partial charge on any atom is 0.303 e. The first-order valence-corrected chi connectivity index (χ1v) is 5.18. The van der Waals surface area contributed by atoms with Crippen LogP contribution in [0.1, 0.15) is 23.2 Å². The van der Waals surface area contributed by atoms with E-state index in [1.165, 1.54) is 0 Å². The summed E-state index contributed by atoms with van der Waals surface area (Å²) in [5.74, 6) is -1.35. The van der Waals surface area contributed by atoms with Gasteiger partial charge in [0.1, 0.15) is 0 Å². The summed E-state index contributed by atoms with van der Waals surface area (Å²) in [6, 6.07) is 8.39. The van der Waals surface area contributed by atoms with Crippen molar-refractivity contribution in [3.05, 3.63) is 35.9 Å². The molecule has 0 aliphatic heterocycles. The molecule has 2 amide bonds. The number of amides is 2. The van der Waals surface area contributed by atoms with E-state index in [4.69, 9.17) is 5.11 Å². The van der Waals surface area contributed by atoms with Crippen LogP contribution in [0.15, 0.2) is 30.3 Å². The van der Waals surface area contributed by atoms with Gasteiger partial charge < -0.3 is 5.11 Å². The number of carboxylic acids is 1. The zero-order valence-corrected chi connectivity index (χ0v) is 9.20. The number of benzene rings is 1. The van der Waals surface area contributed by atoms with Gasteiger partial charge in [-0.3, -0.25) is 19.3 Å². The summed E-state index contributed by atoms with van der Waals surface area (Å²) in [4.78, 5) is 33.9. The second kappa shape index (κ2) is 6.42. The van der Waals surface area contributed by atoms with Crippen LogP contribution >= 0.6 is 0 Å². The maximum absolute atomic E-state index is 11.8. The zero-order chi connectivity index (χ0) is 12.7. The van der Waals surface area contributed by atoms with Crippen LogP contribution in [-0.2, 0) is 9.59 Å². The van der Waals surface area contributed by atoms with E-state index in [1.807, 2.05) is 0 Å². The number of rotatable bonds is 6. The second-order valence-corrected chi connectivity index (χ2v) is 3.47. The molecule has 17 heavy (non-hydrogen) atoms. The summed E-state index contributed by atoms with van der Waals surface area (Å²) in [7, 11) is 0. The van der Waals surface area contributed by atoms with Gasteiger partial charge in [0.05, 0.1) is 0 Å². The van der Waals surface area contributed by atoms with Crippen molar-refractivity contribution in [1.29, 1.82) is 0 Å². The fourth-order valence-electron chi connectivity index (χ4n) is 1.35. The molecule has 1 rings (SSSR count). The van der Waals surface area contributed by atoms with Crippen LogP contribution < -0.4 is 0 Å². The van der Waals surface area contributed by atoms with Crippen LogP contribution in [0.25, 0.3) is 0 Å². The van der Waals surface area contributed by atoms with Crippen molar-refractivity contribution in [2.24, 2.45) is 0 Å². The Labute approximate surface area is 98.7 Å². The molecule has 5 heteroatoms. The molecule has 0 saturated heterocycles. The molecule has 0 atom stereocenters. The maximum atomic E-state index is 11.8. The Balaban J connectivity index is 2.59. The normalized spacial score (nSPS) is 9.65. The number of imide groups is 1. The number of aliphatic carboxylic acids is 1. The fourth-order valence-corrected chi connectivity index (χ4v) is 1.35. The van der Waals surface area contributed by atoms with Crippen molar-refractivity contribution < 1.29 is 19.5 Å². The predicted molar refractivity (Wildman–Crippen MR) is 60.4 cm³/mol. The number of hydrogen-bond acceptors (Lipinski definition) is 3. The number of nitrogens with zero attached hydrogens (tertiary/aromatic N) is 1. The molecule has 1 aromatic carbocycles. The van der Waals surface area contributed by atoms with Gasteiger partial charge in [-0.1, -0.05) is 18.2 Å². The van der Waals surface area contributed by atoms with E-state index in [9.17, 15) is 14.4 Å². The van der Waals surface area contributed by atoms with Gasteiger partial charge in [0, 0.05) is 18.5 Å². The van der Waals surface area contributed by atoms with Crippen LogP contribution in [0, 0.1) is 0 Å². The van der Waals surface area contributed by atoms with E-state index in [1.54, 1.807) is 30.3 Å². The Kier molecular flexibility index (Phi) is 4.87. The number of carboxylic acid groups (broad SMARTS) is 1. The van der Waals surface area contributed by atoms with Crippen molar-refractivity contribution in [3.63, 3.8) is 0 Å². The molecule has 0 heterocycles. The van der Waals surface area contributed by atoms with Crippen molar-refractivity contribution in [2.75, 3.05) is 6.54 Å². The van der Waals surface area contributed by atoms with Crippen LogP contribution in [0.2, 0.25) is 0 Å². The highest BCUT2D eigenvalue weighted by atomic mass is 16.4. The minimum atomic E-state index is -0.942. The number of hydrogen-bond donors (Lipinski definition) is 1. The molecule has 0 aliphatic carbocycles.